The topological polar surface area (TPSA) is 118 Å². The van der Waals surface area contributed by atoms with Crippen LogP contribution in [-0.4, -0.2) is 89.5 Å². The zero-order valence-electron chi connectivity index (χ0n) is 19.8. The van der Waals surface area contributed by atoms with Crippen LogP contribution in [-0.2, 0) is 25.8 Å². The number of para-hydroxylation sites is 1. The van der Waals surface area contributed by atoms with Crippen molar-refractivity contribution in [2.45, 2.75) is 42.1 Å². The number of fused-ring (bicyclic) bond motifs is 3. The molecule has 188 valence electrons. The molecule has 6 rings (SSSR count). The molecule has 5 heterocycles. The van der Waals surface area contributed by atoms with E-state index in [1.165, 1.54) is 16.7 Å². The van der Waals surface area contributed by atoms with Gasteiger partial charge in [-0.2, -0.15) is 0 Å². The molecule has 1 unspecified atom stereocenters. The normalized spacial score (nSPS) is 32.6. The van der Waals surface area contributed by atoms with E-state index < -0.39 is 34.6 Å². The van der Waals surface area contributed by atoms with Crippen LogP contribution in [0.25, 0.3) is 11.0 Å². The van der Waals surface area contributed by atoms with Gasteiger partial charge >= 0.3 is 5.97 Å². The Morgan fingerprint density at radius 3 is 2.89 bits per heavy atom. The van der Waals surface area contributed by atoms with Crippen molar-refractivity contribution >= 4 is 40.6 Å². The van der Waals surface area contributed by atoms with Gasteiger partial charge in [-0.25, -0.2) is 4.68 Å². The Kier molecular flexibility index (Phi) is 5.64. The number of hydrogen-bond donors (Lipinski definition) is 1. The predicted molar refractivity (Wildman–Crippen MR) is 131 cm³/mol. The van der Waals surface area contributed by atoms with Crippen molar-refractivity contribution in [2.75, 3.05) is 19.8 Å². The second-order valence-electron chi connectivity index (χ2n) is 9.69. The van der Waals surface area contributed by atoms with Crippen LogP contribution in [0.4, 0.5) is 0 Å². The molecule has 11 heteroatoms. The maximum Gasteiger partial charge on any atom is 0.311 e. The summed E-state index contributed by atoms with van der Waals surface area (Å²) in [5.41, 5.74) is 1.53. The number of ether oxygens (including phenoxy) is 1. The van der Waals surface area contributed by atoms with E-state index in [-0.39, 0.29) is 36.9 Å². The first-order valence-electron chi connectivity index (χ1n) is 12.1. The summed E-state index contributed by atoms with van der Waals surface area (Å²) in [5.74, 6) is -2.39. The van der Waals surface area contributed by atoms with Gasteiger partial charge in [-0.15, -0.1) is 16.9 Å². The molecule has 2 aromatic rings. The Labute approximate surface area is 211 Å². The molecule has 1 aromatic heterocycles. The second kappa shape index (κ2) is 8.74. The Morgan fingerprint density at radius 1 is 1.22 bits per heavy atom. The Bertz CT molecular complexity index is 1290. The molecule has 1 N–H and O–H groups in total. The third kappa shape index (κ3) is 3.32. The van der Waals surface area contributed by atoms with Crippen molar-refractivity contribution in [1.29, 1.82) is 0 Å². The molecule has 2 saturated heterocycles. The lowest BCUT2D eigenvalue weighted by Gasteiger charge is -2.37. The van der Waals surface area contributed by atoms with E-state index in [0.29, 0.717) is 13.0 Å². The summed E-state index contributed by atoms with van der Waals surface area (Å²) in [5, 5.41) is 18.2. The van der Waals surface area contributed by atoms with Gasteiger partial charge in [0.05, 0.1) is 41.4 Å². The first kappa shape index (κ1) is 23.2. The van der Waals surface area contributed by atoms with Gasteiger partial charge in [-0.05, 0) is 25.5 Å². The number of cyclic esters (lactones) is 1. The van der Waals surface area contributed by atoms with Gasteiger partial charge in [0, 0.05) is 11.8 Å². The minimum Gasteiger partial charge on any atom is -0.465 e. The highest BCUT2D eigenvalue weighted by atomic mass is 32.2. The summed E-state index contributed by atoms with van der Waals surface area (Å²) in [4.78, 5) is 44.4. The van der Waals surface area contributed by atoms with Crippen molar-refractivity contribution < 1.29 is 24.2 Å². The fraction of sp³-hybridized carbons (Fsp3) is 0.480. The molecule has 2 amide bonds. The average molecular weight is 510 g/mol. The number of aliphatic hydroxyl groups is 1. The summed E-state index contributed by atoms with van der Waals surface area (Å²) in [7, 11) is 0. The third-order valence-electron chi connectivity index (χ3n) is 7.61. The van der Waals surface area contributed by atoms with Crippen LogP contribution in [0.1, 0.15) is 13.3 Å². The molecular weight excluding hydrogens is 482 g/mol. The molecule has 1 spiro atoms. The van der Waals surface area contributed by atoms with Crippen LogP contribution in [0.15, 0.2) is 48.6 Å². The number of benzene rings is 1. The minimum atomic E-state index is -0.945. The molecule has 4 aliphatic rings. The lowest BCUT2D eigenvalue weighted by atomic mass is 9.78. The molecule has 1 aromatic carbocycles. The van der Waals surface area contributed by atoms with Crippen molar-refractivity contribution in [1.82, 2.24) is 24.8 Å². The van der Waals surface area contributed by atoms with Gasteiger partial charge in [-0.1, -0.05) is 41.7 Å². The van der Waals surface area contributed by atoms with Crippen LogP contribution in [0, 0.1) is 11.8 Å². The first-order chi connectivity index (χ1) is 17.5. The third-order valence-corrected chi connectivity index (χ3v) is 9.35. The number of esters is 1. The molecule has 10 nitrogen and oxygen atoms in total. The van der Waals surface area contributed by atoms with E-state index in [2.05, 4.69) is 10.3 Å². The number of amides is 2. The fourth-order valence-corrected chi connectivity index (χ4v) is 7.95. The molecular formula is C25H27N5O5S. The molecule has 0 radical (unpaired) electrons. The van der Waals surface area contributed by atoms with Gasteiger partial charge in [0.15, 0.2) is 0 Å². The molecule has 4 aliphatic heterocycles. The lowest BCUT2D eigenvalue weighted by Crippen LogP contribution is -2.56. The molecule has 0 bridgehead atoms. The first-order valence-corrected chi connectivity index (χ1v) is 13.0. The maximum absolute atomic E-state index is 14.2. The van der Waals surface area contributed by atoms with Crippen molar-refractivity contribution in [3.8, 4) is 0 Å². The number of aromatic nitrogens is 3. The zero-order valence-corrected chi connectivity index (χ0v) is 20.6. The zero-order chi connectivity index (χ0) is 25.0. The monoisotopic (exact) mass is 509 g/mol. The highest BCUT2D eigenvalue weighted by Crippen LogP contribution is 2.61. The van der Waals surface area contributed by atoms with E-state index in [4.69, 9.17) is 4.74 Å². The van der Waals surface area contributed by atoms with E-state index >= 15 is 0 Å². The number of aliphatic hydroxyl groups excluding tert-OH is 1. The Morgan fingerprint density at radius 2 is 2.06 bits per heavy atom. The van der Waals surface area contributed by atoms with Crippen LogP contribution in [0.3, 0.4) is 0 Å². The van der Waals surface area contributed by atoms with Crippen molar-refractivity contribution in [2.24, 2.45) is 11.8 Å². The molecule has 2 fully saturated rings. The Hall–Kier alpha value is -3.18. The van der Waals surface area contributed by atoms with Gasteiger partial charge in [-0.3, -0.25) is 14.4 Å². The minimum absolute atomic E-state index is 0.163. The SMILES string of the molecule is C[C@H](CO)N1C(=O)[C@@H]2[C@H]3C(=O)OCCC=C[C@H]3S[C@@]23C=CCN(Cn2nnc4ccccc42)C(=O)C13. The number of carbonyl (C=O) groups excluding carboxylic acids is 3. The summed E-state index contributed by atoms with van der Waals surface area (Å²) in [6, 6.07) is 6.06. The lowest BCUT2D eigenvalue weighted by molar-refractivity contribution is -0.153. The largest absolute Gasteiger partial charge is 0.465 e. The van der Waals surface area contributed by atoms with Gasteiger partial charge in [0.1, 0.15) is 18.2 Å². The van der Waals surface area contributed by atoms with Crippen LogP contribution < -0.4 is 0 Å². The van der Waals surface area contributed by atoms with E-state index in [1.807, 2.05) is 48.6 Å². The van der Waals surface area contributed by atoms with Gasteiger partial charge < -0.3 is 19.6 Å². The highest BCUT2D eigenvalue weighted by molar-refractivity contribution is 8.02. The fourth-order valence-electron chi connectivity index (χ4n) is 5.97. The molecule has 36 heavy (non-hydrogen) atoms. The number of rotatable bonds is 4. The van der Waals surface area contributed by atoms with Crippen molar-refractivity contribution in [3.05, 3.63) is 48.6 Å². The van der Waals surface area contributed by atoms with E-state index in [9.17, 15) is 19.5 Å². The number of thioether (sulfide) groups is 1. The molecule has 0 saturated carbocycles. The second-order valence-corrected chi connectivity index (χ2v) is 11.2. The van der Waals surface area contributed by atoms with Crippen LogP contribution in [0.5, 0.6) is 0 Å². The van der Waals surface area contributed by atoms with Gasteiger partial charge in [0.2, 0.25) is 11.8 Å². The van der Waals surface area contributed by atoms with E-state index in [1.54, 1.807) is 16.5 Å². The quantitative estimate of drug-likeness (QED) is 0.479. The number of nitrogens with zero attached hydrogens (tertiary/aromatic N) is 5. The van der Waals surface area contributed by atoms with E-state index in [0.717, 1.165) is 11.0 Å². The number of carbonyl (C=O) groups is 3. The smallest absolute Gasteiger partial charge is 0.311 e. The predicted octanol–water partition coefficient (Wildman–Crippen LogP) is 0.968. The average Bonchev–Trinajstić information content (AvgIpc) is 3.46. The van der Waals surface area contributed by atoms with Crippen LogP contribution >= 0.6 is 11.8 Å². The molecule has 0 aliphatic carbocycles. The standard InChI is InChI=1S/C25H27N5O5S/c1-15(13-31)30-21-23(33)28(14-29-17-8-3-2-7-16(17)26-27-29)11-6-10-25(21)20(22(30)32)19-18(36-25)9-4-5-12-35-24(19)34/h2-4,6-10,15,18-21,31H,5,11-14H2,1H3/t15-,18-,19+,20+,21?,25+/m1/s1. The van der Waals surface area contributed by atoms with Crippen molar-refractivity contribution in [3.63, 3.8) is 0 Å². The number of hydrogen-bond acceptors (Lipinski definition) is 8. The highest BCUT2D eigenvalue weighted by Gasteiger charge is 2.71. The summed E-state index contributed by atoms with van der Waals surface area (Å²) < 4.78 is 6.21. The Balaban J connectivity index is 1.42. The van der Waals surface area contributed by atoms with Crippen LogP contribution in [0.2, 0.25) is 0 Å². The summed E-state index contributed by atoms with van der Waals surface area (Å²) in [6.45, 7) is 2.19. The summed E-state index contributed by atoms with van der Waals surface area (Å²) in [6.07, 6.45) is 8.43. The number of likely N-dealkylation sites (tertiary alicyclic amines) is 1. The maximum atomic E-state index is 14.2. The molecule has 6 atom stereocenters. The van der Waals surface area contributed by atoms with Gasteiger partial charge in [0.25, 0.3) is 0 Å². The summed E-state index contributed by atoms with van der Waals surface area (Å²) >= 11 is 1.49.